The van der Waals surface area contributed by atoms with Gasteiger partial charge >= 0.3 is 11.9 Å². The average molecular weight is 431 g/mol. The van der Waals surface area contributed by atoms with Crippen molar-refractivity contribution in [2.45, 2.75) is 110 Å². The van der Waals surface area contributed by atoms with E-state index in [1.165, 1.54) is 32.1 Å². The molecule has 0 heterocycles. The van der Waals surface area contributed by atoms with Crippen molar-refractivity contribution in [3.8, 4) is 0 Å². The molecule has 5 aliphatic rings. The Balaban J connectivity index is 1.27. The predicted molar refractivity (Wildman–Crippen MR) is 119 cm³/mol. The Morgan fingerprint density at radius 1 is 0.903 bits per heavy atom. The zero-order valence-corrected chi connectivity index (χ0v) is 20.0. The van der Waals surface area contributed by atoms with Crippen molar-refractivity contribution in [3.63, 3.8) is 0 Å². The van der Waals surface area contributed by atoms with Gasteiger partial charge in [0.25, 0.3) is 0 Å². The zero-order valence-electron chi connectivity index (χ0n) is 20.0. The van der Waals surface area contributed by atoms with Crippen molar-refractivity contribution in [1.29, 1.82) is 0 Å². The fourth-order valence-electron chi connectivity index (χ4n) is 8.40. The smallest absolute Gasteiger partial charge is 0.311 e. The van der Waals surface area contributed by atoms with Gasteiger partial charge in [0.15, 0.2) is 0 Å². The highest BCUT2D eigenvalue weighted by Gasteiger charge is 2.67. The van der Waals surface area contributed by atoms with E-state index >= 15 is 0 Å². The molecule has 8 atom stereocenters. The lowest BCUT2D eigenvalue weighted by Crippen LogP contribution is -2.45. The molecule has 4 bridgehead atoms. The van der Waals surface area contributed by atoms with Gasteiger partial charge in [0.05, 0.1) is 11.3 Å². The molecule has 174 valence electrons. The standard InChI is InChI=1S/C27H42O4/c1-5-26(3,4)25(29)30-21-15-17-14-20(21)23-18-12-16(22(17)23)13-19(18)24(28)31-27(6-2)10-8-7-9-11-27/h16-23H,5-15H2,1-4H3. The minimum atomic E-state index is -0.406. The number of esters is 2. The molecule has 0 spiro atoms. The summed E-state index contributed by atoms with van der Waals surface area (Å²) >= 11 is 0. The molecule has 0 aliphatic heterocycles. The lowest BCUT2D eigenvalue weighted by Gasteiger charge is -2.42. The highest BCUT2D eigenvalue weighted by atomic mass is 16.6. The van der Waals surface area contributed by atoms with E-state index in [1.807, 2.05) is 13.8 Å². The molecule has 31 heavy (non-hydrogen) atoms. The van der Waals surface area contributed by atoms with Gasteiger partial charge in [-0.15, -0.1) is 0 Å². The normalized spacial score (nSPS) is 42.5. The number of rotatable bonds is 6. The lowest BCUT2D eigenvalue weighted by molar-refractivity contribution is -0.175. The molecule has 0 aromatic rings. The molecule has 5 aliphatic carbocycles. The van der Waals surface area contributed by atoms with E-state index in [0.717, 1.165) is 44.4 Å². The van der Waals surface area contributed by atoms with Crippen LogP contribution in [0.4, 0.5) is 0 Å². The third kappa shape index (κ3) is 3.46. The van der Waals surface area contributed by atoms with Crippen LogP contribution in [0.1, 0.15) is 98.3 Å². The predicted octanol–water partition coefficient (Wildman–Crippen LogP) is 5.92. The molecule has 0 radical (unpaired) electrons. The van der Waals surface area contributed by atoms with Crippen LogP contribution in [-0.2, 0) is 19.1 Å². The SMILES string of the molecule is CCC1(OC(=O)C2CC3CC2C2C4CC(CC4OC(=O)C(C)(C)CC)C32)CCCCC1. The minimum Gasteiger partial charge on any atom is -0.462 e. The van der Waals surface area contributed by atoms with Crippen LogP contribution in [-0.4, -0.2) is 23.6 Å². The summed E-state index contributed by atoms with van der Waals surface area (Å²) in [4.78, 5) is 26.1. The molecule has 0 amide bonds. The summed E-state index contributed by atoms with van der Waals surface area (Å²) in [5.74, 6) is 3.79. The maximum Gasteiger partial charge on any atom is 0.311 e. The maximum absolute atomic E-state index is 13.4. The van der Waals surface area contributed by atoms with Crippen molar-refractivity contribution in [3.05, 3.63) is 0 Å². The van der Waals surface area contributed by atoms with Crippen molar-refractivity contribution in [2.75, 3.05) is 0 Å². The van der Waals surface area contributed by atoms with Crippen LogP contribution in [0.3, 0.4) is 0 Å². The summed E-state index contributed by atoms with van der Waals surface area (Å²) in [6.07, 6.45) is 12.0. The van der Waals surface area contributed by atoms with Crippen LogP contribution < -0.4 is 0 Å². The number of carbonyl (C=O) groups is 2. The lowest BCUT2D eigenvalue weighted by atomic mass is 9.66. The van der Waals surface area contributed by atoms with Gasteiger partial charge in [-0.1, -0.05) is 20.3 Å². The number of hydrogen-bond donors (Lipinski definition) is 0. The van der Waals surface area contributed by atoms with Gasteiger partial charge in [-0.3, -0.25) is 9.59 Å². The summed E-state index contributed by atoms with van der Waals surface area (Å²) in [6.45, 7) is 8.22. The monoisotopic (exact) mass is 430 g/mol. The quantitative estimate of drug-likeness (QED) is 0.388. The number of hydrogen-bond acceptors (Lipinski definition) is 4. The van der Waals surface area contributed by atoms with E-state index in [9.17, 15) is 9.59 Å². The van der Waals surface area contributed by atoms with E-state index in [1.54, 1.807) is 0 Å². The molecule has 5 rings (SSSR count). The van der Waals surface area contributed by atoms with Crippen LogP contribution in [0.5, 0.6) is 0 Å². The van der Waals surface area contributed by atoms with Gasteiger partial charge in [-0.25, -0.2) is 0 Å². The molecule has 4 nitrogen and oxygen atoms in total. The highest BCUT2D eigenvalue weighted by molar-refractivity contribution is 5.76. The summed E-state index contributed by atoms with van der Waals surface area (Å²) in [7, 11) is 0. The molecule has 8 unspecified atom stereocenters. The van der Waals surface area contributed by atoms with Crippen molar-refractivity contribution in [1.82, 2.24) is 0 Å². The third-order valence-corrected chi connectivity index (χ3v) is 10.5. The molecule has 0 N–H and O–H groups in total. The molecule has 4 heteroatoms. The molecular weight excluding hydrogens is 388 g/mol. The second-order valence-corrected chi connectivity index (χ2v) is 12.3. The average Bonchev–Trinajstić information content (AvgIpc) is 3.53. The van der Waals surface area contributed by atoms with Gasteiger partial charge in [-0.05, 0) is 114 Å². The fourth-order valence-corrected chi connectivity index (χ4v) is 8.40. The van der Waals surface area contributed by atoms with E-state index < -0.39 is 5.41 Å². The first-order valence-electron chi connectivity index (χ1n) is 13.2. The Kier molecular flexibility index (Phi) is 5.45. The minimum absolute atomic E-state index is 0.0367. The van der Waals surface area contributed by atoms with Crippen LogP contribution in [0.2, 0.25) is 0 Å². The molecule has 0 aromatic heterocycles. The molecule has 5 fully saturated rings. The van der Waals surface area contributed by atoms with E-state index in [-0.39, 0.29) is 29.6 Å². The van der Waals surface area contributed by atoms with Gasteiger partial charge in [0.2, 0.25) is 0 Å². The topological polar surface area (TPSA) is 52.6 Å². The van der Waals surface area contributed by atoms with Crippen molar-refractivity contribution < 1.29 is 19.1 Å². The molecule has 5 saturated carbocycles. The van der Waals surface area contributed by atoms with E-state index in [0.29, 0.717) is 29.6 Å². The number of carbonyl (C=O) groups excluding carboxylic acids is 2. The second kappa shape index (κ2) is 7.76. The molecule has 0 saturated heterocycles. The first-order chi connectivity index (χ1) is 14.8. The number of fused-ring (bicyclic) bond motifs is 9. The van der Waals surface area contributed by atoms with E-state index in [4.69, 9.17) is 9.47 Å². The van der Waals surface area contributed by atoms with Crippen molar-refractivity contribution in [2.24, 2.45) is 46.8 Å². The largest absolute Gasteiger partial charge is 0.462 e. The molecular formula is C27H42O4. The van der Waals surface area contributed by atoms with Crippen LogP contribution in [0.15, 0.2) is 0 Å². The van der Waals surface area contributed by atoms with Gasteiger partial charge < -0.3 is 9.47 Å². The first kappa shape index (κ1) is 21.8. The summed E-state index contributed by atoms with van der Waals surface area (Å²) in [6, 6.07) is 0. The Labute approximate surface area is 188 Å². The van der Waals surface area contributed by atoms with Crippen LogP contribution >= 0.6 is 0 Å². The maximum atomic E-state index is 13.4. The van der Waals surface area contributed by atoms with E-state index in [2.05, 4.69) is 13.8 Å². The third-order valence-electron chi connectivity index (χ3n) is 10.5. The highest BCUT2D eigenvalue weighted by Crippen LogP contribution is 2.69. The Hall–Kier alpha value is -1.06. The second-order valence-electron chi connectivity index (χ2n) is 12.3. The van der Waals surface area contributed by atoms with Crippen LogP contribution in [0.25, 0.3) is 0 Å². The first-order valence-corrected chi connectivity index (χ1v) is 13.2. The summed E-state index contributed by atoms with van der Waals surface area (Å²) < 4.78 is 12.4. The Bertz CT molecular complexity index is 721. The fraction of sp³-hybridized carbons (Fsp3) is 0.926. The summed E-state index contributed by atoms with van der Waals surface area (Å²) in [5, 5.41) is 0. The Morgan fingerprint density at radius 2 is 1.58 bits per heavy atom. The van der Waals surface area contributed by atoms with Crippen LogP contribution in [0, 0.1) is 46.8 Å². The number of ether oxygens (including phenoxy) is 2. The van der Waals surface area contributed by atoms with Gasteiger partial charge in [0, 0.05) is 0 Å². The van der Waals surface area contributed by atoms with Crippen molar-refractivity contribution >= 4 is 11.9 Å². The molecule has 0 aromatic carbocycles. The Morgan fingerprint density at radius 3 is 2.26 bits per heavy atom. The zero-order chi connectivity index (χ0) is 22.0. The van der Waals surface area contributed by atoms with Gasteiger partial charge in [-0.2, -0.15) is 0 Å². The van der Waals surface area contributed by atoms with Gasteiger partial charge in [0.1, 0.15) is 11.7 Å². The summed E-state index contributed by atoms with van der Waals surface area (Å²) in [5.41, 5.74) is -0.605.